The fourth-order valence-corrected chi connectivity index (χ4v) is 9.04. The van der Waals surface area contributed by atoms with Crippen LogP contribution in [0.25, 0.3) is 0 Å². The highest BCUT2D eigenvalue weighted by Crippen LogP contribution is 2.38. The third kappa shape index (κ3) is 20.3. The minimum absolute atomic E-state index is 0.184. The third-order valence-corrected chi connectivity index (χ3v) is 13.4. The van der Waals surface area contributed by atoms with Crippen molar-refractivity contribution in [2.24, 2.45) is 0 Å². The van der Waals surface area contributed by atoms with Gasteiger partial charge in [0.1, 0.15) is 67.1 Å². The van der Waals surface area contributed by atoms with Crippen LogP contribution in [0.2, 0.25) is 0 Å². The Morgan fingerprint density at radius 1 is 0.712 bits per heavy atom. The number of hydrogen-bond acceptors (Lipinski definition) is 20. The number of ether oxygens (including phenoxy) is 6. The first-order chi connectivity index (χ1) is 34.9. The predicted octanol–water partition coefficient (Wildman–Crippen LogP) is -0.569. The minimum atomic E-state index is -3.08. The zero-order chi connectivity index (χ0) is 54.1. The summed E-state index contributed by atoms with van der Waals surface area (Å²) in [6.45, 7) is 1.94. The highest BCUT2D eigenvalue weighted by Gasteiger charge is 2.60. The summed E-state index contributed by atoms with van der Waals surface area (Å²) in [5.41, 5.74) is 0. The van der Waals surface area contributed by atoms with Crippen LogP contribution in [0.3, 0.4) is 0 Å². The Morgan fingerprint density at radius 3 is 1.90 bits per heavy atom. The van der Waals surface area contributed by atoms with Gasteiger partial charge in [-0.25, -0.2) is 4.79 Å². The first-order valence-corrected chi connectivity index (χ1v) is 26.2. The van der Waals surface area contributed by atoms with Crippen LogP contribution >= 0.6 is 0 Å². The van der Waals surface area contributed by atoms with Crippen LogP contribution in [0.4, 0.5) is 0 Å². The molecule has 0 spiro atoms. The van der Waals surface area contributed by atoms with Gasteiger partial charge in [-0.3, -0.25) is 9.59 Å². The standard InChI is InChI=1S/C50H88N2O21/c1-4-6-8-10-12-14-16-18-20-22-24-37(60)52-31(32(57)23-21-19-17-15-13-11-9-7-5-2)29-68-47-42(64)41(63)44(36(28-55)70-47)71-48-43(65)46(40(62)35(27-54)69-48)73-50(49(66)67)25-33(58)38(51-30(3)56)45(72-50)39(61)34(59)26-53/h10,12,21,23,31-36,38-48,53-55,57-59,61-65H,4-9,11,13-20,22,24-29H2,1-3H3,(H,51,56)(H,52,60)(H,66,67)/b12-10-,23-21+. The summed E-state index contributed by atoms with van der Waals surface area (Å²) in [6, 6.07) is -2.62. The molecule has 23 heteroatoms. The molecule has 0 aromatic heterocycles. The van der Waals surface area contributed by atoms with E-state index in [-0.39, 0.29) is 12.3 Å². The number of carboxylic acids is 1. The molecule has 0 aromatic carbocycles. The number of aliphatic carboxylic acids is 1. The molecule has 2 amide bonds. The first-order valence-electron chi connectivity index (χ1n) is 26.2. The summed E-state index contributed by atoms with van der Waals surface area (Å²) in [5.74, 6) is -6.17. The molecule has 3 rings (SSSR count). The van der Waals surface area contributed by atoms with Crippen LogP contribution in [0, 0.1) is 0 Å². The largest absolute Gasteiger partial charge is 0.477 e. The second-order valence-electron chi connectivity index (χ2n) is 19.4. The number of carbonyl (C=O) groups is 3. The Balaban J connectivity index is 1.75. The maximum atomic E-state index is 13.2. The number of aliphatic hydroxyl groups excluding tert-OH is 11. The number of nitrogens with one attached hydrogen (secondary N) is 2. The van der Waals surface area contributed by atoms with Crippen molar-refractivity contribution in [2.75, 3.05) is 26.4 Å². The van der Waals surface area contributed by atoms with Crippen molar-refractivity contribution in [3.63, 3.8) is 0 Å². The maximum Gasteiger partial charge on any atom is 0.364 e. The van der Waals surface area contributed by atoms with E-state index < -0.39 is 155 Å². The van der Waals surface area contributed by atoms with Crippen LogP contribution in [0.1, 0.15) is 136 Å². The molecule has 424 valence electrons. The number of aliphatic hydroxyl groups is 11. The Hall–Kier alpha value is -2.79. The van der Waals surface area contributed by atoms with Gasteiger partial charge in [-0.05, 0) is 38.5 Å². The monoisotopic (exact) mass is 1050 g/mol. The molecule has 23 nitrogen and oxygen atoms in total. The Morgan fingerprint density at radius 2 is 1.30 bits per heavy atom. The molecule has 18 unspecified atom stereocenters. The van der Waals surface area contributed by atoms with Crippen molar-refractivity contribution in [1.29, 1.82) is 0 Å². The Labute approximate surface area is 428 Å². The molecule has 3 fully saturated rings. The number of carbonyl (C=O) groups excluding carboxylic acids is 2. The molecule has 0 bridgehead atoms. The molecule has 14 N–H and O–H groups in total. The molecule has 0 radical (unpaired) electrons. The van der Waals surface area contributed by atoms with E-state index in [4.69, 9.17) is 28.4 Å². The Bertz CT molecular complexity index is 1630. The quantitative estimate of drug-likeness (QED) is 0.0279. The van der Waals surface area contributed by atoms with Gasteiger partial charge in [0.05, 0.1) is 50.7 Å². The average molecular weight is 1050 g/mol. The molecular formula is C50H88N2O21. The molecular weight excluding hydrogens is 965 g/mol. The second-order valence-corrected chi connectivity index (χ2v) is 19.4. The number of hydrogen-bond donors (Lipinski definition) is 14. The lowest BCUT2D eigenvalue weighted by Crippen LogP contribution is -2.70. The SMILES string of the molecule is CCCC/C=C\CCCCCCC(=O)NC(COC1OC(CO)C(OC2OC(CO)C(O)C(OC3(C(=O)O)CC(O)C(NC(C)=O)C(C(O)C(O)CO)O3)C2O)C(O)C1O)C(O)/C=C/CCCCCCCCC. The second kappa shape index (κ2) is 34.1. The van der Waals surface area contributed by atoms with Crippen LogP contribution in [-0.2, 0) is 42.8 Å². The minimum Gasteiger partial charge on any atom is -0.477 e. The summed E-state index contributed by atoms with van der Waals surface area (Å²) in [5, 5.41) is 135. The third-order valence-electron chi connectivity index (χ3n) is 13.4. The molecule has 0 saturated carbocycles. The van der Waals surface area contributed by atoms with E-state index in [0.29, 0.717) is 12.8 Å². The van der Waals surface area contributed by atoms with Crippen molar-refractivity contribution in [2.45, 2.75) is 246 Å². The molecule has 0 aromatic rings. The van der Waals surface area contributed by atoms with Crippen molar-refractivity contribution in [3.8, 4) is 0 Å². The van der Waals surface area contributed by atoms with E-state index >= 15 is 0 Å². The van der Waals surface area contributed by atoms with Crippen molar-refractivity contribution in [1.82, 2.24) is 10.6 Å². The van der Waals surface area contributed by atoms with Gasteiger partial charge in [-0.2, -0.15) is 0 Å². The summed E-state index contributed by atoms with van der Waals surface area (Å²) in [6.07, 6.45) is -5.40. The molecule has 3 heterocycles. The number of unbranched alkanes of at least 4 members (excludes halogenated alkanes) is 13. The lowest BCUT2D eigenvalue weighted by Gasteiger charge is -2.50. The van der Waals surface area contributed by atoms with E-state index in [1.54, 1.807) is 6.08 Å². The maximum absolute atomic E-state index is 13.2. The van der Waals surface area contributed by atoms with Gasteiger partial charge in [0.15, 0.2) is 12.6 Å². The predicted molar refractivity (Wildman–Crippen MR) is 260 cm³/mol. The van der Waals surface area contributed by atoms with E-state index in [2.05, 4.69) is 36.6 Å². The van der Waals surface area contributed by atoms with Crippen molar-refractivity contribution in [3.05, 3.63) is 24.3 Å². The van der Waals surface area contributed by atoms with Gasteiger partial charge < -0.3 is 100 Å². The lowest BCUT2D eigenvalue weighted by molar-refractivity contribution is -0.386. The van der Waals surface area contributed by atoms with Gasteiger partial charge in [-0.15, -0.1) is 0 Å². The van der Waals surface area contributed by atoms with Crippen LogP contribution < -0.4 is 10.6 Å². The molecule has 3 saturated heterocycles. The van der Waals surface area contributed by atoms with E-state index in [1.165, 1.54) is 12.8 Å². The molecule has 3 aliphatic rings. The summed E-state index contributed by atoms with van der Waals surface area (Å²) in [4.78, 5) is 38.1. The molecule has 0 aliphatic carbocycles. The number of rotatable bonds is 35. The normalized spacial score (nSPS) is 32.6. The van der Waals surface area contributed by atoms with Crippen LogP contribution in [-0.4, -0.2) is 215 Å². The lowest BCUT2D eigenvalue weighted by atomic mass is 9.88. The topological polar surface area (TPSA) is 373 Å². The summed E-state index contributed by atoms with van der Waals surface area (Å²) >= 11 is 0. The van der Waals surface area contributed by atoms with Crippen LogP contribution in [0.15, 0.2) is 24.3 Å². The van der Waals surface area contributed by atoms with E-state index in [9.17, 15) is 75.7 Å². The zero-order valence-corrected chi connectivity index (χ0v) is 42.7. The highest BCUT2D eigenvalue weighted by molar-refractivity contribution is 5.77. The number of amides is 2. The number of allylic oxidation sites excluding steroid dienone is 3. The van der Waals surface area contributed by atoms with Crippen molar-refractivity contribution >= 4 is 17.8 Å². The fourth-order valence-electron chi connectivity index (χ4n) is 9.04. The smallest absolute Gasteiger partial charge is 0.364 e. The first kappa shape index (κ1) is 64.5. The van der Waals surface area contributed by atoms with Crippen molar-refractivity contribution < 1.29 is 104 Å². The van der Waals surface area contributed by atoms with E-state index in [0.717, 1.165) is 84.0 Å². The van der Waals surface area contributed by atoms with Gasteiger partial charge >= 0.3 is 5.97 Å². The highest BCUT2D eigenvalue weighted by atomic mass is 16.8. The molecule has 73 heavy (non-hydrogen) atoms. The molecule has 3 aliphatic heterocycles. The van der Waals surface area contributed by atoms with Gasteiger partial charge in [0, 0.05) is 19.8 Å². The molecule has 18 atom stereocenters. The van der Waals surface area contributed by atoms with Gasteiger partial charge in [0.2, 0.25) is 11.8 Å². The summed E-state index contributed by atoms with van der Waals surface area (Å²) in [7, 11) is 0. The average Bonchev–Trinajstić information content (AvgIpc) is 3.36. The van der Waals surface area contributed by atoms with Gasteiger partial charge in [-0.1, -0.05) is 102 Å². The summed E-state index contributed by atoms with van der Waals surface area (Å²) < 4.78 is 34.4. The fraction of sp³-hybridized carbons (Fsp3) is 0.860. The van der Waals surface area contributed by atoms with Crippen LogP contribution in [0.5, 0.6) is 0 Å². The zero-order valence-electron chi connectivity index (χ0n) is 42.7. The number of carboxylic acid groups (broad SMARTS) is 1. The van der Waals surface area contributed by atoms with E-state index in [1.807, 2.05) is 6.08 Å². The Kier molecular flexibility index (Phi) is 30.1. The van der Waals surface area contributed by atoms with Gasteiger partial charge in [0.25, 0.3) is 5.79 Å².